The number of nitrogens with one attached hydrogen (secondary N) is 2. The number of hydrogen-bond donors (Lipinski definition) is 2. The molecule has 3 rings (SSSR count). The largest absolute Gasteiger partial charge is 0.411 e. The van der Waals surface area contributed by atoms with Gasteiger partial charge < -0.3 is 10.1 Å². The monoisotopic (exact) mass is 428 g/mol. The zero-order valence-electron chi connectivity index (χ0n) is 16.4. The van der Waals surface area contributed by atoms with Crippen molar-refractivity contribution in [2.75, 3.05) is 6.61 Å². The maximum Gasteiger partial charge on any atom is 0.411 e. The molecular formula is C19H23F3N4O4. The average molecular weight is 428 g/mol. The van der Waals surface area contributed by atoms with Gasteiger partial charge in [-0.2, -0.15) is 13.2 Å². The number of pyridine rings is 1. The van der Waals surface area contributed by atoms with Crippen LogP contribution in [0.25, 0.3) is 11.0 Å². The smallest absolute Gasteiger partial charge is 0.369 e. The molecule has 2 aromatic heterocycles. The summed E-state index contributed by atoms with van der Waals surface area (Å²) in [7, 11) is 0. The van der Waals surface area contributed by atoms with E-state index in [-0.39, 0.29) is 29.1 Å². The first-order valence-electron chi connectivity index (χ1n) is 9.80. The number of fused-ring (bicyclic) bond motifs is 1. The Morgan fingerprint density at radius 3 is 2.83 bits per heavy atom. The van der Waals surface area contributed by atoms with Gasteiger partial charge in [0.2, 0.25) is 0 Å². The molecule has 1 aliphatic carbocycles. The normalized spacial score (nSPS) is 19.7. The van der Waals surface area contributed by atoms with Crippen molar-refractivity contribution < 1.29 is 22.7 Å². The highest BCUT2D eigenvalue weighted by Crippen LogP contribution is 2.24. The summed E-state index contributed by atoms with van der Waals surface area (Å²) < 4.78 is 43.3. The molecule has 1 amide bonds. The maximum absolute atomic E-state index is 12.6. The molecule has 2 aromatic rings. The predicted octanol–water partition coefficient (Wildman–Crippen LogP) is 2.11. The molecule has 164 valence electrons. The van der Waals surface area contributed by atoms with Crippen LogP contribution in [0.3, 0.4) is 0 Å². The second-order valence-electron chi connectivity index (χ2n) is 7.39. The summed E-state index contributed by atoms with van der Waals surface area (Å²) in [4.78, 5) is 43.1. The summed E-state index contributed by atoms with van der Waals surface area (Å²) in [6.45, 7) is 0.933. The number of aromatic nitrogens is 3. The van der Waals surface area contributed by atoms with E-state index in [1.807, 2.05) is 6.92 Å². The Bertz CT molecular complexity index is 1030. The number of hydrogen-bond acceptors (Lipinski definition) is 5. The minimum atomic E-state index is -4.39. The third-order valence-corrected chi connectivity index (χ3v) is 4.99. The molecule has 0 aliphatic heterocycles. The molecule has 1 saturated carbocycles. The number of aryl methyl sites for hydroxylation is 1. The Hall–Kier alpha value is -2.69. The highest BCUT2D eigenvalue weighted by molar-refractivity contribution is 5.96. The molecule has 2 atom stereocenters. The number of alkyl halides is 3. The molecule has 2 N–H and O–H groups in total. The second-order valence-corrected chi connectivity index (χ2v) is 7.39. The third kappa shape index (κ3) is 5.26. The van der Waals surface area contributed by atoms with Crippen LogP contribution in [-0.2, 0) is 11.3 Å². The van der Waals surface area contributed by atoms with Crippen LogP contribution in [0.2, 0.25) is 0 Å². The fraction of sp³-hybridized carbons (Fsp3) is 0.579. The van der Waals surface area contributed by atoms with Crippen molar-refractivity contribution in [2.45, 2.75) is 63.9 Å². The zero-order chi connectivity index (χ0) is 21.9. The molecule has 2 heterocycles. The summed E-state index contributed by atoms with van der Waals surface area (Å²) >= 11 is 0. The van der Waals surface area contributed by atoms with Crippen molar-refractivity contribution in [3.63, 3.8) is 0 Å². The zero-order valence-corrected chi connectivity index (χ0v) is 16.4. The summed E-state index contributed by atoms with van der Waals surface area (Å²) in [5.74, 6) is -0.487. The Balaban J connectivity index is 1.74. The van der Waals surface area contributed by atoms with Crippen molar-refractivity contribution in [1.29, 1.82) is 0 Å². The van der Waals surface area contributed by atoms with Crippen molar-refractivity contribution in [3.8, 4) is 0 Å². The molecule has 1 fully saturated rings. The van der Waals surface area contributed by atoms with Gasteiger partial charge in [-0.3, -0.25) is 19.1 Å². The van der Waals surface area contributed by atoms with Crippen molar-refractivity contribution >= 4 is 16.9 Å². The summed E-state index contributed by atoms with van der Waals surface area (Å²) in [5.41, 5.74) is -0.873. The van der Waals surface area contributed by atoms with E-state index in [0.29, 0.717) is 32.2 Å². The lowest BCUT2D eigenvalue weighted by atomic mass is 9.92. The lowest BCUT2D eigenvalue weighted by Crippen LogP contribution is -2.41. The first-order valence-corrected chi connectivity index (χ1v) is 9.80. The van der Waals surface area contributed by atoms with Crippen LogP contribution in [0, 0.1) is 0 Å². The molecule has 11 heteroatoms. The van der Waals surface area contributed by atoms with Gasteiger partial charge in [0.15, 0.2) is 0 Å². The molecule has 1 aliphatic rings. The topological polar surface area (TPSA) is 106 Å². The minimum absolute atomic E-state index is 0.116. The number of carbonyl (C=O) groups is 1. The number of carbonyl (C=O) groups excluding carboxylic acids is 1. The molecule has 0 bridgehead atoms. The SMILES string of the molecule is CCCn1c(=O)[nH]c(=O)c2cc(C(=O)N[C@@H]3CCC[C@@H](OCC(F)(F)F)C3)cnc21. The highest BCUT2D eigenvalue weighted by Gasteiger charge is 2.31. The summed E-state index contributed by atoms with van der Waals surface area (Å²) in [6, 6.07) is 1.02. The molecule has 0 spiro atoms. The van der Waals surface area contributed by atoms with E-state index in [4.69, 9.17) is 4.74 Å². The third-order valence-electron chi connectivity index (χ3n) is 4.99. The van der Waals surface area contributed by atoms with E-state index < -0.39 is 36.0 Å². The van der Waals surface area contributed by atoms with Crippen molar-refractivity contribution in [2.24, 2.45) is 0 Å². The molecule has 0 saturated heterocycles. The van der Waals surface area contributed by atoms with E-state index in [1.54, 1.807) is 0 Å². The van der Waals surface area contributed by atoms with Gasteiger partial charge in [-0.1, -0.05) is 6.92 Å². The molecule has 0 radical (unpaired) electrons. The van der Waals surface area contributed by atoms with Gasteiger partial charge in [0, 0.05) is 18.8 Å². The number of H-pyrrole nitrogens is 1. The van der Waals surface area contributed by atoms with Crippen LogP contribution < -0.4 is 16.6 Å². The quantitative estimate of drug-likeness (QED) is 0.733. The van der Waals surface area contributed by atoms with Gasteiger partial charge in [0.05, 0.1) is 17.1 Å². The van der Waals surface area contributed by atoms with E-state index in [9.17, 15) is 27.6 Å². The molecule has 8 nitrogen and oxygen atoms in total. The van der Waals surface area contributed by atoms with Crippen LogP contribution in [0.1, 0.15) is 49.4 Å². The Labute approximate surface area is 169 Å². The predicted molar refractivity (Wildman–Crippen MR) is 102 cm³/mol. The molecule has 0 unspecified atom stereocenters. The number of nitrogens with zero attached hydrogens (tertiary/aromatic N) is 2. The highest BCUT2D eigenvalue weighted by atomic mass is 19.4. The minimum Gasteiger partial charge on any atom is -0.369 e. The molecule has 0 aromatic carbocycles. The number of halogens is 3. The van der Waals surface area contributed by atoms with E-state index in [1.165, 1.54) is 16.8 Å². The van der Waals surface area contributed by atoms with E-state index in [2.05, 4.69) is 15.3 Å². The Kier molecular flexibility index (Phi) is 6.59. The van der Waals surface area contributed by atoms with Gasteiger partial charge in [-0.25, -0.2) is 9.78 Å². The molecular weight excluding hydrogens is 405 g/mol. The summed E-state index contributed by atoms with van der Waals surface area (Å²) in [5, 5.41) is 2.89. The number of ether oxygens (including phenoxy) is 1. The average Bonchev–Trinajstić information content (AvgIpc) is 2.69. The first-order chi connectivity index (χ1) is 14.2. The van der Waals surface area contributed by atoms with Gasteiger partial charge >= 0.3 is 11.9 Å². The van der Waals surface area contributed by atoms with Gasteiger partial charge in [0.1, 0.15) is 12.3 Å². The lowest BCUT2D eigenvalue weighted by Gasteiger charge is -2.30. The fourth-order valence-corrected chi connectivity index (χ4v) is 3.63. The van der Waals surface area contributed by atoms with E-state index in [0.717, 1.165) is 0 Å². The number of amides is 1. The lowest BCUT2D eigenvalue weighted by molar-refractivity contribution is -0.188. The number of rotatable bonds is 6. The number of aromatic amines is 1. The van der Waals surface area contributed by atoms with Crippen LogP contribution in [0.15, 0.2) is 21.9 Å². The van der Waals surface area contributed by atoms with Crippen molar-refractivity contribution in [1.82, 2.24) is 19.9 Å². The van der Waals surface area contributed by atoms with Crippen molar-refractivity contribution in [3.05, 3.63) is 38.7 Å². The molecule has 30 heavy (non-hydrogen) atoms. The van der Waals surface area contributed by atoms with E-state index >= 15 is 0 Å². The second kappa shape index (κ2) is 8.99. The maximum atomic E-state index is 12.6. The van der Waals surface area contributed by atoms with Gasteiger partial charge in [-0.05, 0) is 38.2 Å². The summed E-state index contributed by atoms with van der Waals surface area (Å²) in [6.07, 6.45) is -0.996. The first kappa shape index (κ1) is 22.0. The Morgan fingerprint density at radius 2 is 2.13 bits per heavy atom. The fourth-order valence-electron chi connectivity index (χ4n) is 3.63. The van der Waals surface area contributed by atoms with Crippen LogP contribution in [0.5, 0.6) is 0 Å². The standard InChI is InChI=1S/C19H23F3N4O4/c1-2-6-26-15-14(17(28)25-18(26)29)7-11(9-23-15)16(27)24-12-4-3-5-13(8-12)30-10-19(20,21)22/h7,9,12-13H,2-6,8,10H2,1H3,(H,24,27)(H,25,28,29)/t12-,13-/m1/s1. The Morgan fingerprint density at radius 1 is 1.37 bits per heavy atom. The van der Waals surface area contributed by atoms with Crippen LogP contribution >= 0.6 is 0 Å². The van der Waals surface area contributed by atoms with Gasteiger partial charge in [-0.15, -0.1) is 0 Å². The van der Waals surface area contributed by atoms with Crippen LogP contribution in [0.4, 0.5) is 13.2 Å². The van der Waals surface area contributed by atoms with Crippen LogP contribution in [-0.4, -0.2) is 45.4 Å². The van der Waals surface area contributed by atoms with Gasteiger partial charge in [0.25, 0.3) is 11.5 Å².